The molecule has 1 N–H and O–H groups in total. The number of nitrogens with zero attached hydrogens (tertiary/aromatic N) is 1. The molecule has 0 aromatic carbocycles. The van der Waals surface area contributed by atoms with E-state index in [4.69, 9.17) is 0 Å². The average Bonchev–Trinajstić information content (AvgIpc) is 2.47. The van der Waals surface area contributed by atoms with Gasteiger partial charge in [0.15, 0.2) is 5.78 Å². The van der Waals surface area contributed by atoms with E-state index < -0.39 is 0 Å². The van der Waals surface area contributed by atoms with Gasteiger partial charge in [0, 0.05) is 32.1 Å². The molecule has 2 fully saturated rings. The Labute approximate surface area is 118 Å². The summed E-state index contributed by atoms with van der Waals surface area (Å²) in [5, 5.41) is 3.37. The van der Waals surface area contributed by atoms with Crippen molar-refractivity contribution in [1.82, 2.24) is 10.2 Å². The second-order valence-electron chi connectivity index (χ2n) is 6.80. The number of Topliss-reactive ketones (excluding diaryl/α,β-unsaturated/α-hetero) is 1. The quantitative estimate of drug-likeness (QED) is 0.848. The molecule has 1 heterocycles. The van der Waals surface area contributed by atoms with Crippen molar-refractivity contribution >= 4 is 5.78 Å². The maximum absolute atomic E-state index is 12.9. The molecule has 110 valence electrons. The molecule has 2 aliphatic rings. The Kier molecular flexibility index (Phi) is 5.02. The van der Waals surface area contributed by atoms with Crippen LogP contribution < -0.4 is 5.32 Å². The van der Waals surface area contributed by atoms with Crippen molar-refractivity contribution in [2.75, 3.05) is 26.2 Å². The van der Waals surface area contributed by atoms with Crippen LogP contribution in [0.5, 0.6) is 0 Å². The Hall–Kier alpha value is -0.410. The lowest BCUT2D eigenvalue weighted by Crippen LogP contribution is -2.58. The first kappa shape index (κ1) is 15.0. The summed E-state index contributed by atoms with van der Waals surface area (Å²) in [6.45, 7) is 10.6. The lowest BCUT2D eigenvalue weighted by Gasteiger charge is -2.42. The molecule has 2 unspecified atom stereocenters. The van der Waals surface area contributed by atoms with Crippen LogP contribution in [0.25, 0.3) is 0 Å². The van der Waals surface area contributed by atoms with Crippen molar-refractivity contribution < 1.29 is 4.79 Å². The maximum atomic E-state index is 12.9. The van der Waals surface area contributed by atoms with E-state index in [0.717, 1.165) is 44.9 Å². The van der Waals surface area contributed by atoms with Crippen LogP contribution in [-0.2, 0) is 4.79 Å². The summed E-state index contributed by atoms with van der Waals surface area (Å²) in [5.41, 5.74) is -0.275. The number of nitrogens with one attached hydrogen (secondary N) is 1. The highest BCUT2D eigenvalue weighted by atomic mass is 16.1. The molecule has 3 nitrogen and oxygen atoms in total. The van der Waals surface area contributed by atoms with Gasteiger partial charge in [0.1, 0.15) is 0 Å². The van der Waals surface area contributed by atoms with E-state index in [-0.39, 0.29) is 5.54 Å². The van der Waals surface area contributed by atoms with Gasteiger partial charge in [0.2, 0.25) is 0 Å². The van der Waals surface area contributed by atoms with Crippen LogP contribution in [0, 0.1) is 11.8 Å². The van der Waals surface area contributed by atoms with Gasteiger partial charge in [-0.05, 0) is 32.6 Å². The second kappa shape index (κ2) is 6.36. The molecule has 0 spiro atoms. The third kappa shape index (κ3) is 3.38. The van der Waals surface area contributed by atoms with E-state index in [1.807, 2.05) is 0 Å². The predicted molar refractivity (Wildman–Crippen MR) is 79.3 cm³/mol. The molecule has 1 saturated heterocycles. The minimum Gasteiger partial charge on any atom is -0.314 e. The molecule has 0 aromatic rings. The summed E-state index contributed by atoms with van der Waals surface area (Å²) in [6.07, 6.45) is 6.05. The number of hydrogen-bond acceptors (Lipinski definition) is 3. The van der Waals surface area contributed by atoms with Crippen LogP contribution in [0.3, 0.4) is 0 Å². The zero-order valence-electron chi connectivity index (χ0n) is 12.9. The van der Waals surface area contributed by atoms with Gasteiger partial charge in [-0.25, -0.2) is 0 Å². The Morgan fingerprint density at radius 1 is 1.26 bits per heavy atom. The van der Waals surface area contributed by atoms with E-state index in [1.54, 1.807) is 0 Å². The number of ketones is 1. The zero-order chi connectivity index (χ0) is 13.9. The lowest BCUT2D eigenvalue weighted by atomic mass is 9.74. The molecule has 0 aromatic heterocycles. The number of carbonyl (C=O) groups excluding carboxylic acids is 1. The normalized spacial score (nSPS) is 30.3. The topological polar surface area (TPSA) is 32.3 Å². The van der Waals surface area contributed by atoms with Gasteiger partial charge in [-0.15, -0.1) is 0 Å². The Morgan fingerprint density at radius 3 is 2.58 bits per heavy atom. The minimum atomic E-state index is -0.275. The Morgan fingerprint density at radius 2 is 1.95 bits per heavy atom. The van der Waals surface area contributed by atoms with Gasteiger partial charge in [0.25, 0.3) is 0 Å². The number of carbonyl (C=O) groups is 1. The molecule has 3 heteroatoms. The third-order valence-electron chi connectivity index (χ3n) is 5.24. The molecule has 0 bridgehead atoms. The fraction of sp³-hybridized carbons (Fsp3) is 0.938. The molecule has 1 aliphatic carbocycles. The van der Waals surface area contributed by atoms with Crippen molar-refractivity contribution in [3.63, 3.8) is 0 Å². The van der Waals surface area contributed by atoms with Crippen molar-refractivity contribution in [2.45, 2.75) is 58.4 Å². The van der Waals surface area contributed by atoms with E-state index in [1.165, 1.54) is 19.3 Å². The smallest absolute Gasteiger partial charge is 0.155 e. The van der Waals surface area contributed by atoms with Crippen molar-refractivity contribution in [3.8, 4) is 0 Å². The molecule has 1 aliphatic heterocycles. The van der Waals surface area contributed by atoms with Crippen LogP contribution in [0.15, 0.2) is 0 Å². The summed E-state index contributed by atoms with van der Waals surface area (Å²) < 4.78 is 0. The SMILES string of the molecule is CCC1CCCC(C(=O)C(C)(C)N2CCNCC2)C1. The summed E-state index contributed by atoms with van der Waals surface area (Å²) in [5.74, 6) is 1.58. The maximum Gasteiger partial charge on any atom is 0.155 e. The van der Waals surface area contributed by atoms with Crippen LogP contribution in [0.4, 0.5) is 0 Å². The second-order valence-corrected chi connectivity index (χ2v) is 6.80. The van der Waals surface area contributed by atoms with Gasteiger partial charge in [-0.3, -0.25) is 9.69 Å². The number of hydrogen-bond donors (Lipinski definition) is 1. The summed E-state index contributed by atoms with van der Waals surface area (Å²) in [7, 11) is 0. The van der Waals surface area contributed by atoms with Gasteiger partial charge in [0.05, 0.1) is 5.54 Å². The highest BCUT2D eigenvalue weighted by Gasteiger charge is 2.40. The fourth-order valence-electron chi connectivity index (χ4n) is 3.78. The molecule has 19 heavy (non-hydrogen) atoms. The first-order valence-electron chi connectivity index (χ1n) is 8.05. The average molecular weight is 266 g/mol. The molecular weight excluding hydrogens is 236 g/mol. The first-order chi connectivity index (χ1) is 9.05. The van der Waals surface area contributed by atoms with Crippen LogP contribution in [0.2, 0.25) is 0 Å². The fourth-order valence-corrected chi connectivity index (χ4v) is 3.78. The van der Waals surface area contributed by atoms with Gasteiger partial charge < -0.3 is 5.32 Å². The van der Waals surface area contributed by atoms with Crippen molar-refractivity contribution in [1.29, 1.82) is 0 Å². The van der Waals surface area contributed by atoms with E-state index in [2.05, 4.69) is 31.0 Å². The Balaban J connectivity index is 2.00. The van der Waals surface area contributed by atoms with Crippen LogP contribution in [0.1, 0.15) is 52.9 Å². The summed E-state index contributed by atoms with van der Waals surface area (Å²) in [4.78, 5) is 15.3. The highest BCUT2D eigenvalue weighted by molar-refractivity contribution is 5.89. The first-order valence-corrected chi connectivity index (χ1v) is 8.05. The zero-order valence-corrected chi connectivity index (χ0v) is 12.9. The van der Waals surface area contributed by atoms with Gasteiger partial charge in [-0.2, -0.15) is 0 Å². The molecule has 1 saturated carbocycles. The predicted octanol–water partition coefficient (Wildman–Crippen LogP) is 2.46. The number of rotatable bonds is 4. The Bertz CT molecular complexity index is 308. The summed E-state index contributed by atoms with van der Waals surface area (Å²) in [6, 6.07) is 0. The van der Waals surface area contributed by atoms with Crippen LogP contribution >= 0.6 is 0 Å². The van der Waals surface area contributed by atoms with Crippen molar-refractivity contribution in [2.24, 2.45) is 11.8 Å². The molecule has 2 atom stereocenters. The van der Waals surface area contributed by atoms with E-state index in [0.29, 0.717) is 11.7 Å². The third-order valence-corrected chi connectivity index (χ3v) is 5.24. The van der Waals surface area contributed by atoms with Crippen LogP contribution in [-0.4, -0.2) is 42.4 Å². The minimum absolute atomic E-state index is 0.275. The molecule has 2 rings (SSSR count). The molecule has 0 amide bonds. The number of piperazine rings is 1. The summed E-state index contributed by atoms with van der Waals surface area (Å²) >= 11 is 0. The monoisotopic (exact) mass is 266 g/mol. The van der Waals surface area contributed by atoms with Crippen molar-refractivity contribution in [3.05, 3.63) is 0 Å². The van der Waals surface area contributed by atoms with Gasteiger partial charge >= 0.3 is 0 Å². The van der Waals surface area contributed by atoms with Gasteiger partial charge in [-0.1, -0.05) is 26.2 Å². The molecule has 0 radical (unpaired) electrons. The van der Waals surface area contributed by atoms with E-state index >= 15 is 0 Å². The van der Waals surface area contributed by atoms with E-state index in [9.17, 15) is 4.79 Å². The highest BCUT2D eigenvalue weighted by Crippen LogP contribution is 2.35. The molecular formula is C16H30N2O. The standard InChI is InChI=1S/C16H30N2O/c1-4-13-6-5-7-14(12-13)15(19)16(2,3)18-10-8-17-9-11-18/h13-14,17H,4-12H2,1-3H3. The lowest BCUT2D eigenvalue weighted by molar-refractivity contribution is -0.135. The largest absolute Gasteiger partial charge is 0.314 e.